The van der Waals surface area contributed by atoms with Crippen LogP contribution < -0.4 is 0 Å². The van der Waals surface area contributed by atoms with Gasteiger partial charge in [-0.25, -0.2) is 4.98 Å². The standard InChI is InChI=1S/C11H14N4O/c1-8-3-4-12-6-9(8)10(16)5-11-13-7-14-15(11)2/h3-4,6-7,10,16H,5H2,1-2H3. The lowest BCUT2D eigenvalue weighted by Crippen LogP contribution is -2.09. The Morgan fingerprint density at radius 2 is 2.31 bits per heavy atom. The van der Waals surface area contributed by atoms with Crippen LogP contribution in [0.1, 0.15) is 23.1 Å². The van der Waals surface area contributed by atoms with E-state index in [2.05, 4.69) is 15.1 Å². The number of pyridine rings is 1. The first-order valence-corrected chi connectivity index (χ1v) is 5.10. The lowest BCUT2D eigenvalue weighted by molar-refractivity contribution is 0.173. The predicted molar refractivity (Wildman–Crippen MR) is 58.6 cm³/mol. The van der Waals surface area contributed by atoms with Gasteiger partial charge >= 0.3 is 0 Å². The zero-order valence-corrected chi connectivity index (χ0v) is 9.33. The molecule has 1 N–H and O–H groups in total. The fourth-order valence-corrected chi connectivity index (χ4v) is 1.61. The Balaban J connectivity index is 2.18. The summed E-state index contributed by atoms with van der Waals surface area (Å²) in [6.45, 7) is 1.96. The van der Waals surface area contributed by atoms with Gasteiger partial charge in [0.05, 0.1) is 6.10 Å². The minimum Gasteiger partial charge on any atom is -0.388 e. The van der Waals surface area contributed by atoms with E-state index in [9.17, 15) is 5.11 Å². The molecule has 0 saturated carbocycles. The van der Waals surface area contributed by atoms with Crippen molar-refractivity contribution >= 4 is 0 Å². The van der Waals surface area contributed by atoms with Crippen molar-refractivity contribution in [2.24, 2.45) is 7.05 Å². The largest absolute Gasteiger partial charge is 0.388 e. The van der Waals surface area contributed by atoms with Crippen LogP contribution in [0.4, 0.5) is 0 Å². The van der Waals surface area contributed by atoms with Crippen molar-refractivity contribution in [2.75, 3.05) is 0 Å². The van der Waals surface area contributed by atoms with Gasteiger partial charge in [-0.05, 0) is 18.6 Å². The van der Waals surface area contributed by atoms with Crippen LogP contribution in [-0.4, -0.2) is 24.9 Å². The highest BCUT2D eigenvalue weighted by Gasteiger charge is 2.13. The molecule has 1 unspecified atom stereocenters. The molecule has 2 aromatic rings. The van der Waals surface area contributed by atoms with Crippen molar-refractivity contribution in [3.63, 3.8) is 0 Å². The van der Waals surface area contributed by atoms with Gasteiger partial charge in [-0.15, -0.1) is 0 Å². The summed E-state index contributed by atoms with van der Waals surface area (Å²) in [5, 5.41) is 14.0. The van der Waals surface area contributed by atoms with Gasteiger partial charge in [0, 0.05) is 31.4 Å². The van der Waals surface area contributed by atoms with Crippen LogP contribution in [0.25, 0.3) is 0 Å². The third kappa shape index (κ3) is 2.09. The van der Waals surface area contributed by atoms with Gasteiger partial charge in [0.25, 0.3) is 0 Å². The van der Waals surface area contributed by atoms with Crippen LogP contribution in [0.5, 0.6) is 0 Å². The average molecular weight is 218 g/mol. The first kappa shape index (κ1) is 10.8. The number of nitrogens with zero attached hydrogens (tertiary/aromatic N) is 4. The van der Waals surface area contributed by atoms with Crippen molar-refractivity contribution in [2.45, 2.75) is 19.4 Å². The summed E-state index contributed by atoms with van der Waals surface area (Å²) in [7, 11) is 1.81. The second-order valence-corrected chi connectivity index (χ2v) is 3.75. The minimum atomic E-state index is -0.586. The van der Waals surface area contributed by atoms with E-state index in [-0.39, 0.29) is 0 Å². The summed E-state index contributed by atoms with van der Waals surface area (Å²) < 4.78 is 1.66. The number of aryl methyl sites for hydroxylation is 2. The van der Waals surface area contributed by atoms with Crippen molar-refractivity contribution in [1.82, 2.24) is 19.7 Å². The molecular weight excluding hydrogens is 204 g/mol. The highest BCUT2D eigenvalue weighted by Crippen LogP contribution is 2.19. The Hall–Kier alpha value is -1.75. The van der Waals surface area contributed by atoms with Gasteiger partial charge < -0.3 is 5.11 Å². The zero-order valence-electron chi connectivity index (χ0n) is 9.33. The van der Waals surface area contributed by atoms with Gasteiger partial charge in [-0.2, -0.15) is 5.10 Å². The van der Waals surface area contributed by atoms with Crippen molar-refractivity contribution in [1.29, 1.82) is 0 Å². The van der Waals surface area contributed by atoms with Gasteiger partial charge in [-0.3, -0.25) is 9.67 Å². The molecule has 0 bridgehead atoms. The summed E-state index contributed by atoms with van der Waals surface area (Å²) >= 11 is 0. The molecule has 2 rings (SSSR count). The summed E-state index contributed by atoms with van der Waals surface area (Å²) in [6, 6.07) is 1.88. The monoisotopic (exact) mass is 218 g/mol. The summed E-state index contributed by atoms with van der Waals surface area (Å²) in [5.41, 5.74) is 1.87. The highest BCUT2D eigenvalue weighted by molar-refractivity contribution is 5.24. The van der Waals surface area contributed by atoms with E-state index in [1.807, 2.05) is 20.0 Å². The molecule has 16 heavy (non-hydrogen) atoms. The minimum absolute atomic E-state index is 0.447. The number of rotatable bonds is 3. The smallest absolute Gasteiger partial charge is 0.138 e. The maximum Gasteiger partial charge on any atom is 0.138 e. The van der Waals surface area contributed by atoms with E-state index in [0.29, 0.717) is 6.42 Å². The number of aromatic nitrogens is 4. The quantitative estimate of drug-likeness (QED) is 0.827. The molecule has 5 nitrogen and oxygen atoms in total. The summed E-state index contributed by atoms with van der Waals surface area (Å²) in [5.74, 6) is 0.760. The molecule has 0 radical (unpaired) electrons. The molecule has 0 fully saturated rings. The van der Waals surface area contributed by atoms with E-state index >= 15 is 0 Å². The van der Waals surface area contributed by atoms with Crippen LogP contribution in [0, 0.1) is 6.92 Å². The van der Waals surface area contributed by atoms with Crippen LogP contribution in [0.15, 0.2) is 24.8 Å². The van der Waals surface area contributed by atoms with Crippen molar-refractivity contribution in [3.05, 3.63) is 41.7 Å². The Morgan fingerprint density at radius 3 is 2.94 bits per heavy atom. The van der Waals surface area contributed by atoms with Gasteiger partial charge in [0.15, 0.2) is 0 Å². The summed E-state index contributed by atoms with van der Waals surface area (Å²) in [6.07, 6.45) is 4.75. The second kappa shape index (κ2) is 4.40. The molecule has 2 aromatic heterocycles. The topological polar surface area (TPSA) is 63.8 Å². The number of hydrogen-bond acceptors (Lipinski definition) is 4. The zero-order chi connectivity index (χ0) is 11.5. The maximum absolute atomic E-state index is 10.1. The van der Waals surface area contributed by atoms with Gasteiger partial charge in [-0.1, -0.05) is 0 Å². The average Bonchev–Trinajstić information content (AvgIpc) is 2.65. The van der Waals surface area contributed by atoms with Crippen molar-refractivity contribution in [3.8, 4) is 0 Å². The van der Waals surface area contributed by atoms with Crippen LogP contribution in [0.2, 0.25) is 0 Å². The Labute approximate surface area is 93.8 Å². The molecule has 2 heterocycles. The third-order valence-corrected chi connectivity index (χ3v) is 2.62. The predicted octanol–water partition coefficient (Wildman–Crippen LogP) is 0.795. The first-order chi connectivity index (χ1) is 7.68. The lowest BCUT2D eigenvalue weighted by atomic mass is 10.0. The number of hydrogen-bond donors (Lipinski definition) is 1. The second-order valence-electron chi connectivity index (χ2n) is 3.75. The molecule has 0 saturated heterocycles. The molecule has 1 atom stereocenters. The van der Waals surface area contributed by atoms with Crippen molar-refractivity contribution < 1.29 is 5.11 Å². The third-order valence-electron chi connectivity index (χ3n) is 2.62. The fourth-order valence-electron chi connectivity index (χ4n) is 1.61. The molecule has 0 spiro atoms. The normalized spacial score (nSPS) is 12.7. The Morgan fingerprint density at radius 1 is 1.50 bits per heavy atom. The molecule has 84 valence electrons. The lowest BCUT2D eigenvalue weighted by Gasteiger charge is -2.12. The van der Waals surface area contributed by atoms with Crippen LogP contribution >= 0.6 is 0 Å². The molecule has 0 aromatic carbocycles. The number of aliphatic hydroxyl groups is 1. The van der Waals surface area contributed by atoms with Crippen LogP contribution in [-0.2, 0) is 13.5 Å². The van der Waals surface area contributed by atoms with E-state index < -0.39 is 6.10 Å². The van der Waals surface area contributed by atoms with Gasteiger partial charge in [0.1, 0.15) is 12.2 Å². The van der Waals surface area contributed by atoms with E-state index in [1.165, 1.54) is 6.33 Å². The van der Waals surface area contributed by atoms with Gasteiger partial charge in [0.2, 0.25) is 0 Å². The Kier molecular flexibility index (Phi) is 2.96. The van der Waals surface area contributed by atoms with E-state index in [0.717, 1.165) is 17.0 Å². The van der Waals surface area contributed by atoms with E-state index in [4.69, 9.17) is 0 Å². The summed E-state index contributed by atoms with van der Waals surface area (Å²) in [4.78, 5) is 8.10. The maximum atomic E-state index is 10.1. The SMILES string of the molecule is Cc1ccncc1C(O)Cc1ncnn1C. The fraction of sp³-hybridized carbons (Fsp3) is 0.364. The molecule has 0 aliphatic heterocycles. The Bertz CT molecular complexity index is 480. The molecule has 0 aliphatic carbocycles. The molecule has 0 aliphatic rings. The number of aliphatic hydroxyl groups excluding tert-OH is 1. The van der Waals surface area contributed by atoms with Crippen LogP contribution in [0.3, 0.4) is 0 Å². The van der Waals surface area contributed by atoms with E-state index in [1.54, 1.807) is 17.1 Å². The molecule has 0 amide bonds. The molecular formula is C11H14N4O. The first-order valence-electron chi connectivity index (χ1n) is 5.10. The highest BCUT2D eigenvalue weighted by atomic mass is 16.3. The molecule has 5 heteroatoms.